The second-order valence-corrected chi connectivity index (χ2v) is 2.88. The monoisotopic (exact) mass is 192 g/mol. The summed E-state index contributed by atoms with van der Waals surface area (Å²) in [5.74, 6) is 0.809. The van der Waals surface area contributed by atoms with E-state index in [0.29, 0.717) is 0 Å². The molecule has 2 rings (SSSR count). The summed E-state index contributed by atoms with van der Waals surface area (Å²) in [5, 5.41) is 10.7. The zero-order chi connectivity index (χ0) is 9.64. The number of nitrogens with one attached hydrogen (secondary N) is 2. The number of hydrogen-bond acceptors (Lipinski definition) is 4. The smallest absolute Gasteiger partial charge is 0.200 e. The lowest BCUT2D eigenvalue weighted by Crippen LogP contribution is -2.07. The summed E-state index contributed by atoms with van der Waals surface area (Å²) in [6.45, 7) is 1.74. The molecule has 0 bridgehead atoms. The van der Waals surface area contributed by atoms with Crippen molar-refractivity contribution >= 4 is 5.95 Å². The third-order valence-electron chi connectivity index (χ3n) is 1.83. The molecule has 0 amide bonds. The fourth-order valence-corrected chi connectivity index (χ4v) is 1.16. The van der Waals surface area contributed by atoms with E-state index < -0.39 is 0 Å². The molecule has 6 heteroatoms. The van der Waals surface area contributed by atoms with Crippen molar-refractivity contribution in [2.24, 2.45) is 0 Å². The number of aryl methyl sites for hydroxylation is 1. The van der Waals surface area contributed by atoms with Crippen LogP contribution in [0.2, 0.25) is 0 Å². The molecule has 0 aliphatic heterocycles. The molecule has 0 spiro atoms. The summed E-state index contributed by atoms with van der Waals surface area (Å²) in [5.41, 5.74) is 0. The highest BCUT2D eigenvalue weighted by molar-refractivity contribution is 5.22. The molecule has 6 nitrogen and oxygen atoms in total. The highest BCUT2D eigenvalue weighted by Gasteiger charge is 1.93. The topological polar surface area (TPSA) is 71.4 Å². The van der Waals surface area contributed by atoms with E-state index in [0.717, 1.165) is 25.5 Å². The number of nitrogens with zero attached hydrogens (tertiary/aromatic N) is 4. The van der Waals surface area contributed by atoms with Crippen LogP contribution >= 0.6 is 0 Å². The summed E-state index contributed by atoms with van der Waals surface area (Å²) in [6, 6.07) is 0. The predicted molar refractivity (Wildman–Crippen MR) is 51.7 cm³/mol. The summed E-state index contributed by atoms with van der Waals surface area (Å²) >= 11 is 0. The molecule has 2 N–H and O–H groups in total. The van der Waals surface area contributed by atoms with Gasteiger partial charge in [-0.1, -0.05) is 5.21 Å². The van der Waals surface area contributed by atoms with Gasteiger partial charge in [0.25, 0.3) is 0 Å². The maximum atomic E-state index is 4.05. The van der Waals surface area contributed by atoms with Crippen LogP contribution in [-0.2, 0) is 6.54 Å². The fraction of sp³-hybridized carbons (Fsp3) is 0.375. The van der Waals surface area contributed by atoms with Gasteiger partial charge >= 0.3 is 0 Å². The predicted octanol–water partition coefficient (Wildman–Crippen LogP) is 0.503. The maximum absolute atomic E-state index is 4.05. The van der Waals surface area contributed by atoms with E-state index in [4.69, 9.17) is 0 Å². The molecule has 0 aliphatic rings. The number of H-pyrrole nitrogens is 1. The molecule has 0 saturated carbocycles. The summed E-state index contributed by atoms with van der Waals surface area (Å²) < 4.78 is 1.81. The molecule has 0 radical (unpaired) electrons. The Hall–Kier alpha value is -1.85. The van der Waals surface area contributed by atoms with Gasteiger partial charge in [0.2, 0.25) is 0 Å². The molecule has 14 heavy (non-hydrogen) atoms. The zero-order valence-electron chi connectivity index (χ0n) is 7.72. The average molecular weight is 192 g/mol. The van der Waals surface area contributed by atoms with Crippen molar-refractivity contribution < 1.29 is 0 Å². The van der Waals surface area contributed by atoms with Gasteiger partial charge in [-0.15, -0.1) is 5.10 Å². The van der Waals surface area contributed by atoms with E-state index >= 15 is 0 Å². The summed E-state index contributed by atoms with van der Waals surface area (Å²) in [4.78, 5) is 7.02. The Labute approximate surface area is 81.4 Å². The van der Waals surface area contributed by atoms with Crippen LogP contribution in [0.4, 0.5) is 5.95 Å². The minimum atomic E-state index is 0.809. The lowest BCUT2D eigenvalue weighted by atomic mass is 10.4. The molecule has 74 valence electrons. The van der Waals surface area contributed by atoms with Gasteiger partial charge in [0, 0.05) is 31.7 Å². The molecular weight excluding hydrogens is 180 g/mol. The SMILES string of the molecule is c1cn(CCCNc2ncc[nH]2)nn1. The summed E-state index contributed by atoms with van der Waals surface area (Å²) in [7, 11) is 0. The first-order valence-corrected chi connectivity index (χ1v) is 4.52. The molecule has 0 saturated heterocycles. The van der Waals surface area contributed by atoms with Crippen LogP contribution in [-0.4, -0.2) is 31.5 Å². The number of hydrogen-bond donors (Lipinski definition) is 2. The number of imidazole rings is 1. The van der Waals surface area contributed by atoms with E-state index in [2.05, 4.69) is 25.6 Å². The first kappa shape index (κ1) is 8.74. The largest absolute Gasteiger partial charge is 0.356 e. The van der Waals surface area contributed by atoms with Crippen LogP contribution in [0.1, 0.15) is 6.42 Å². The minimum Gasteiger partial charge on any atom is -0.356 e. The van der Waals surface area contributed by atoms with Gasteiger partial charge in [-0.2, -0.15) is 0 Å². The van der Waals surface area contributed by atoms with Crippen molar-refractivity contribution in [2.75, 3.05) is 11.9 Å². The van der Waals surface area contributed by atoms with Crippen LogP contribution in [0, 0.1) is 0 Å². The summed E-state index contributed by atoms with van der Waals surface area (Å²) in [6.07, 6.45) is 8.04. The van der Waals surface area contributed by atoms with Crippen LogP contribution < -0.4 is 5.32 Å². The van der Waals surface area contributed by atoms with Gasteiger partial charge < -0.3 is 10.3 Å². The van der Waals surface area contributed by atoms with Gasteiger partial charge in [0.15, 0.2) is 5.95 Å². The third-order valence-corrected chi connectivity index (χ3v) is 1.83. The third kappa shape index (κ3) is 2.32. The quantitative estimate of drug-likeness (QED) is 0.677. The Bertz CT molecular complexity index is 302. The van der Waals surface area contributed by atoms with Crippen LogP contribution in [0.5, 0.6) is 0 Å². The van der Waals surface area contributed by atoms with Gasteiger partial charge in [-0.05, 0) is 6.42 Å². The fourth-order valence-electron chi connectivity index (χ4n) is 1.16. The first-order chi connectivity index (χ1) is 6.95. The molecule has 2 aromatic rings. The van der Waals surface area contributed by atoms with Crippen molar-refractivity contribution in [2.45, 2.75) is 13.0 Å². The standard InChI is InChI=1S/C8H12N6/c1(6-14-7-5-12-13-14)2-9-8-10-3-4-11-8/h3-5,7H,1-2,6H2,(H2,9,10,11). The molecular formula is C8H12N6. The van der Waals surface area contributed by atoms with Crippen molar-refractivity contribution in [3.8, 4) is 0 Å². The van der Waals surface area contributed by atoms with E-state index in [9.17, 15) is 0 Å². The van der Waals surface area contributed by atoms with E-state index in [-0.39, 0.29) is 0 Å². The van der Waals surface area contributed by atoms with Crippen molar-refractivity contribution in [1.29, 1.82) is 0 Å². The Balaban J connectivity index is 1.65. The van der Waals surface area contributed by atoms with Crippen LogP contribution in [0.25, 0.3) is 0 Å². The Morgan fingerprint density at radius 3 is 3.14 bits per heavy atom. The number of rotatable bonds is 5. The number of aromatic nitrogens is 5. The molecule has 0 unspecified atom stereocenters. The van der Waals surface area contributed by atoms with E-state index in [1.807, 2.05) is 10.9 Å². The number of anilines is 1. The second-order valence-electron chi connectivity index (χ2n) is 2.88. The minimum absolute atomic E-state index is 0.809. The maximum Gasteiger partial charge on any atom is 0.200 e. The normalized spacial score (nSPS) is 10.3. The molecule has 2 aromatic heterocycles. The van der Waals surface area contributed by atoms with Crippen molar-refractivity contribution in [3.05, 3.63) is 24.8 Å². The first-order valence-electron chi connectivity index (χ1n) is 4.52. The Morgan fingerprint density at radius 1 is 1.43 bits per heavy atom. The number of aromatic amines is 1. The van der Waals surface area contributed by atoms with Gasteiger partial charge in [0.1, 0.15) is 0 Å². The molecule has 0 aromatic carbocycles. The van der Waals surface area contributed by atoms with Gasteiger partial charge in [0.05, 0.1) is 6.20 Å². The highest BCUT2D eigenvalue weighted by Crippen LogP contribution is 1.95. The average Bonchev–Trinajstić information content (AvgIpc) is 2.86. The highest BCUT2D eigenvalue weighted by atomic mass is 15.4. The van der Waals surface area contributed by atoms with E-state index in [1.165, 1.54) is 0 Å². The van der Waals surface area contributed by atoms with Crippen LogP contribution in [0.15, 0.2) is 24.8 Å². The molecule has 2 heterocycles. The Morgan fingerprint density at radius 2 is 2.43 bits per heavy atom. The molecule has 0 fully saturated rings. The van der Waals surface area contributed by atoms with Gasteiger partial charge in [-0.25, -0.2) is 4.98 Å². The van der Waals surface area contributed by atoms with Crippen LogP contribution in [0.3, 0.4) is 0 Å². The zero-order valence-corrected chi connectivity index (χ0v) is 7.72. The Kier molecular flexibility index (Phi) is 2.75. The second kappa shape index (κ2) is 4.40. The molecule has 0 atom stereocenters. The lowest BCUT2D eigenvalue weighted by molar-refractivity contribution is 0.569. The van der Waals surface area contributed by atoms with Gasteiger partial charge in [-0.3, -0.25) is 4.68 Å². The molecule has 0 aliphatic carbocycles. The van der Waals surface area contributed by atoms with E-state index in [1.54, 1.807) is 18.6 Å². The lowest BCUT2D eigenvalue weighted by Gasteiger charge is -2.02. The van der Waals surface area contributed by atoms with Crippen molar-refractivity contribution in [1.82, 2.24) is 25.0 Å². The van der Waals surface area contributed by atoms with Crippen molar-refractivity contribution in [3.63, 3.8) is 0 Å².